The molecule has 0 rings (SSSR count). The lowest BCUT2D eigenvalue weighted by Gasteiger charge is -2.27. The number of unbranched alkanes of at least 4 members (excludes halogenated alkanes) is 33. The normalized spacial score (nSPS) is 14.1. The van der Waals surface area contributed by atoms with Gasteiger partial charge in [-0.1, -0.05) is 224 Å². The number of rotatable bonds is 46. The number of aliphatic hydroxyl groups is 4. The maximum absolute atomic E-state index is 12.5. The van der Waals surface area contributed by atoms with Crippen LogP contribution in [0.3, 0.4) is 0 Å². The van der Waals surface area contributed by atoms with Gasteiger partial charge in [-0.3, -0.25) is 4.79 Å². The molecule has 0 saturated heterocycles. The van der Waals surface area contributed by atoms with Gasteiger partial charge < -0.3 is 25.7 Å². The minimum absolute atomic E-state index is 0.365. The van der Waals surface area contributed by atoms with Crippen LogP contribution in [-0.4, -0.2) is 57.3 Å². The van der Waals surface area contributed by atoms with Crippen LogP contribution in [0.2, 0.25) is 0 Å². The Morgan fingerprint density at radius 1 is 0.421 bits per heavy atom. The molecule has 0 aliphatic heterocycles. The largest absolute Gasteiger partial charge is 0.394 e. The van der Waals surface area contributed by atoms with E-state index < -0.39 is 36.9 Å². The van der Waals surface area contributed by atoms with Crippen molar-refractivity contribution >= 4 is 5.91 Å². The van der Waals surface area contributed by atoms with E-state index in [-0.39, 0.29) is 0 Å². The molecule has 0 saturated carbocycles. The predicted molar refractivity (Wildman–Crippen MR) is 247 cm³/mol. The van der Waals surface area contributed by atoms with Gasteiger partial charge in [-0.2, -0.15) is 0 Å². The highest BCUT2D eigenvalue weighted by Gasteiger charge is 2.28. The van der Waals surface area contributed by atoms with Crippen molar-refractivity contribution in [3.05, 3.63) is 24.3 Å². The van der Waals surface area contributed by atoms with Crippen molar-refractivity contribution in [2.45, 2.75) is 289 Å². The lowest BCUT2D eigenvalue weighted by molar-refractivity contribution is -0.132. The van der Waals surface area contributed by atoms with E-state index in [9.17, 15) is 25.2 Å². The molecular weight excluding hydrogens is 707 g/mol. The van der Waals surface area contributed by atoms with E-state index >= 15 is 0 Å². The quantitative estimate of drug-likeness (QED) is 0.0311. The number of allylic oxidation sites excluding steroid dienone is 4. The maximum atomic E-state index is 12.5. The second kappa shape index (κ2) is 45.9. The van der Waals surface area contributed by atoms with Gasteiger partial charge in [-0.05, 0) is 64.2 Å². The molecule has 4 unspecified atom stereocenters. The van der Waals surface area contributed by atoms with Gasteiger partial charge in [0, 0.05) is 0 Å². The summed E-state index contributed by atoms with van der Waals surface area (Å²) in [5, 5.41) is 43.6. The van der Waals surface area contributed by atoms with Gasteiger partial charge in [0.1, 0.15) is 12.2 Å². The summed E-state index contributed by atoms with van der Waals surface area (Å²) in [6.07, 6.45) is 53.9. The molecule has 338 valence electrons. The van der Waals surface area contributed by atoms with Gasteiger partial charge in [0.05, 0.1) is 18.8 Å². The van der Waals surface area contributed by atoms with E-state index in [0.29, 0.717) is 12.8 Å². The monoisotopic (exact) mass is 806 g/mol. The number of carbonyl (C=O) groups is 1. The van der Waals surface area contributed by atoms with Crippen LogP contribution in [0.1, 0.15) is 264 Å². The maximum Gasteiger partial charge on any atom is 0.249 e. The molecule has 0 aromatic carbocycles. The third-order valence-corrected chi connectivity index (χ3v) is 11.9. The van der Waals surface area contributed by atoms with E-state index in [1.807, 2.05) is 0 Å². The Bertz CT molecular complexity index is 863. The highest BCUT2D eigenvalue weighted by atomic mass is 16.3. The molecule has 6 heteroatoms. The summed E-state index contributed by atoms with van der Waals surface area (Å²) in [5.41, 5.74) is 0. The third kappa shape index (κ3) is 40.0. The summed E-state index contributed by atoms with van der Waals surface area (Å²) in [7, 11) is 0. The molecule has 0 spiro atoms. The first kappa shape index (κ1) is 55.8. The molecule has 6 nitrogen and oxygen atoms in total. The average Bonchev–Trinajstić information content (AvgIpc) is 3.22. The van der Waals surface area contributed by atoms with Crippen molar-refractivity contribution < 1.29 is 25.2 Å². The van der Waals surface area contributed by atoms with Gasteiger partial charge in [-0.25, -0.2) is 0 Å². The Labute approximate surface area is 354 Å². The van der Waals surface area contributed by atoms with Crippen LogP contribution in [0.5, 0.6) is 0 Å². The summed E-state index contributed by atoms with van der Waals surface area (Å²) < 4.78 is 0. The standard InChI is InChI=1S/C51H99NO5/c1-3-5-7-9-11-13-15-16-17-18-19-20-21-22-23-24-25-26-27-28-29-30-31-32-33-35-37-39-41-43-45-49(55)51(57)52-47(46-53)50(56)48(54)44-42-40-38-36-34-14-12-10-8-6-4-2/h22-23,36,38,47-50,53-56H,3-21,24-35,37,39-46H2,1-2H3,(H,52,57)/b23-22-,38-36+. The number of nitrogens with one attached hydrogen (secondary N) is 1. The second-order valence-electron chi connectivity index (χ2n) is 17.5. The molecular formula is C51H99NO5. The zero-order chi connectivity index (χ0) is 41.7. The molecule has 57 heavy (non-hydrogen) atoms. The molecule has 4 atom stereocenters. The summed E-state index contributed by atoms with van der Waals surface area (Å²) in [4.78, 5) is 12.5. The van der Waals surface area contributed by atoms with Crippen LogP contribution < -0.4 is 5.32 Å². The van der Waals surface area contributed by atoms with Gasteiger partial charge in [0.15, 0.2) is 0 Å². The number of hydrogen-bond acceptors (Lipinski definition) is 5. The van der Waals surface area contributed by atoms with Crippen LogP contribution in [0.15, 0.2) is 24.3 Å². The number of amides is 1. The topological polar surface area (TPSA) is 110 Å². The fourth-order valence-corrected chi connectivity index (χ4v) is 7.87. The molecule has 5 N–H and O–H groups in total. The van der Waals surface area contributed by atoms with Gasteiger partial charge in [0.2, 0.25) is 5.91 Å². The van der Waals surface area contributed by atoms with E-state index in [0.717, 1.165) is 38.5 Å². The van der Waals surface area contributed by atoms with Crippen molar-refractivity contribution in [3.8, 4) is 0 Å². The fraction of sp³-hybridized carbons (Fsp3) is 0.902. The molecule has 0 aromatic heterocycles. The number of carbonyl (C=O) groups excluding carboxylic acids is 1. The zero-order valence-electron chi connectivity index (χ0n) is 38.1. The van der Waals surface area contributed by atoms with E-state index in [4.69, 9.17) is 0 Å². The lowest BCUT2D eigenvalue weighted by Crippen LogP contribution is -2.53. The first-order valence-corrected chi connectivity index (χ1v) is 25.2. The highest BCUT2D eigenvalue weighted by molar-refractivity contribution is 5.80. The van der Waals surface area contributed by atoms with Crippen molar-refractivity contribution in [2.24, 2.45) is 0 Å². The summed E-state index contributed by atoms with van der Waals surface area (Å²) in [6, 6.07) is -0.999. The molecule has 0 aliphatic carbocycles. The first-order chi connectivity index (χ1) is 28.0. The van der Waals surface area contributed by atoms with Gasteiger partial charge in [0.25, 0.3) is 0 Å². The van der Waals surface area contributed by atoms with Crippen LogP contribution >= 0.6 is 0 Å². The van der Waals surface area contributed by atoms with Crippen LogP contribution in [0, 0.1) is 0 Å². The smallest absolute Gasteiger partial charge is 0.249 e. The number of aliphatic hydroxyl groups excluding tert-OH is 4. The van der Waals surface area contributed by atoms with Crippen molar-refractivity contribution in [3.63, 3.8) is 0 Å². The number of hydrogen-bond donors (Lipinski definition) is 5. The lowest BCUT2D eigenvalue weighted by atomic mass is 10.00. The molecule has 0 fully saturated rings. The predicted octanol–water partition coefficient (Wildman–Crippen LogP) is 13.9. The molecule has 0 aliphatic rings. The molecule has 1 amide bonds. The molecule has 0 bridgehead atoms. The Balaban J connectivity index is 3.58. The summed E-state index contributed by atoms with van der Waals surface area (Å²) in [6.45, 7) is 4.03. The SMILES string of the molecule is CCCCCCCC/C=C/CCCC(O)C(O)C(CO)NC(=O)C(O)CCCCCCCCCCCCCCCC/C=C\CCCCCCCCCCCCCC. The second-order valence-corrected chi connectivity index (χ2v) is 17.5. The Kier molecular flexibility index (Phi) is 44.9. The molecule has 0 aromatic rings. The Hall–Kier alpha value is -1.21. The van der Waals surface area contributed by atoms with Crippen molar-refractivity contribution in [2.75, 3.05) is 6.61 Å². The summed E-state index contributed by atoms with van der Waals surface area (Å²) >= 11 is 0. The highest BCUT2D eigenvalue weighted by Crippen LogP contribution is 2.17. The summed E-state index contributed by atoms with van der Waals surface area (Å²) in [5.74, 6) is -0.592. The molecule has 0 radical (unpaired) electrons. The van der Waals surface area contributed by atoms with Gasteiger partial charge in [-0.15, -0.1) is 0 Å². The van der Waals surface area contributed by atoms with Crippen molar-refractivity contribution in [1.82, 2.24) is 5.32 Å². The fourth-order valence-electron chi connectivity index (χ4n) is 7.87. The van der Waals surface area contributed by atoms with Crippen LogP contribution in [0.4, 0.5) is 0 Å². The minimum Gasteiger partial charge on any atom is -0.394 e. The van der Waals surface area contributed by atoms with E-state index in [1.165, 1.54) is 199 Å². The van der Waals surface area contributed by atoms with E-state index in [1.54, 1.807) is 0 Å². The first-order valence-electron chi connectivity index (χ1n) is 25.2. The average molecular weight is 806 g/mol. The third-order valence-electron chi connectivity index (χ3n) is 11.9. The Morgan fingerprint density at radius 3 is 1.05 bits per heavy atom. The van der Waals surface area contributed by atoms with Gasteiger partial charge >= 0.3 is 0 Å². The minimum atomic E-state index is -1.28. The van der Waals surface area contributed by atoms with Crippen LogP contribution in [-0.2, 0) is 4.79 Å². The van der Waals surface area contributed by atoms with Crippen molar-refractivity contribution in [1.29, 1.82) is 0 Å². The zero-order valence-corrected chi connectivity index (χ0v) is 38.1. The van der Waals surface area contributed by atoms with Crippen LogP contribution in [0.25, 0.3) is 0 Å². The van der Waals surface area contributed by atoms with E-state index in [2.05, 4.69) is 43.5 Å². The molecule has 0 heterocycles. The Morgan fingerprint density at radius 2 is 0.719 bits per heavy atom.